The van der Waals surface area contributed by atoms with Crippen LogP contribution in [0.15, 0.2) is 22.6 Å². The number of hydrogen-bond acceptors (Lipinski definition) is 3. The van der Waals surface area contributed by atoms with Crippen LogP contribution in [0.4, 0.5) is 4.39 Å². The molecule has 1 N–H and O–H groups in total. The number of rotatable bonds is 3. The Kier molecular flexibility index (Phi) is 3.34. The highest BCUT2D eigenvalue weighted by atomic mass is 35.5. The third kappa shape index (κ3) is 2.36. The third-order valence-electron chi connectivity index (χ3n) is 2.39. The van der Waals surface area contributed by atoms with Crippen LogP contribution in [-0.4, -0.2) is 16.1 Å². The molecule has 1 aromatic carbocycles. The Balaban J connectivity index is 2.49. The van der Waals surface area contributed by atoms with E-state index in [9.17, 15) is 9.18 Å². The van der Waals surface area contributed by atoms with Crippen molar-refractivity contribution in [1.29, 1.82) is 0 Å². The number of carboxylic acid groups (broad SMARTS) is 1. The van der Waals surface area contributed by atoms with Gasteiger partial charge >= 0.3 is 5.97 Å². The summed E-state index contributed by atoms with van der Waals surface area (Å²) in [5.74, 6) is -1.26. The molecule has 4 nitrogen and oxygen atoms in total. The number of hydrogen-bond donors (Lipinski definition) is 1. The molecule has 2 aromatic rings. The van der Waals surface area contributed by atoms with Crippen LogP contribution in [-0.2, 0) is 11.2 Å². The van der Waals surface area contributed by atoms with Gasteiger partial charge in [-0.05, 0) is 19.1 Å². The molecule has 1 heterocycles. The molecule has 0 radical (unpaired) electrons. The van der Waals surface area contributed by atoms with Gasteiger partial charge in [-0.2, -0.15) is 0 Å². The standard InChI is InChI=1S/C12H9ClFNO3/c1-6-9(5-10(16)17)15-12(18-6)11-7(13)3-2-4-8(11)14/h2-4H,5H2,1H3,(H,16,17). The number of benzene rings is 1. The highest BCUT2D eigenvalue weighted by molar-refractivity contribution is 6.33. The monoisotopic (exact) mass is 269 g/mol. The molecule has 0 fully saturated rings. The van der Waals surface area contributed by atoms with E-state index >= 15 is 0 Å². The predicted molar refractivity (Wildman–Crippen MR) is 63.0 cm³/mol. The van der Waals surface area contributed by atoms with Crippen molar-refractivity contribution in [2.75, 3.05) is 0 Å². The Labute approximate surface area is 107 Å². The van der Waals surface area contributed by atoms with E-state index in [1.54, 1.807) is 6.92 Å². The first-order valence-corrected chi connectivity index (χ1v) is 5.49. The summed E-state index contributed by atoms with van der Waals surface area (Å²) in [6.07, 6.45) is -0.276. The number of aliphatic carboxylic acids is 1. The minimum absolute atomic E-state index is 0.00755. The number of halogens is 2. The van der Waals surface area contributed by atoms with E-state index in [4.69, 9.17) is 21.1 Å². The van der Waals surface area contributed by atoms with Crippen molar-refractivity contribution in [1.82, 2.24) is 4.98 Å². The van der Waals surface area contributed by atoms with E-state index in [1.165, 1.54) is 18.2 Å². The van der Waals surface area contributed by atoms with Gasteiger partial charge in [-0.1, -0.05) is 17.7 Å². The Hall–Kier alpha value is -1.88. The Morgan fingerprint density at radius 2 is 2.28 bits per heavy atom. The third-order valence-corrected chi connectivity index (χ3v) is 2.70. The molecule has 0 aliphatic carbocycles. The molecule has 0 saturated carbocycles. The van der Waals surface area contributed by atoms with Crippen molar-refractivity contribution < 1.29 is 18.7 Å². The van der Waals surface area contributed by atoms with Crippen LogP contribution in [0, 0.1) is 12.7 Å². The number of carboxylic acids is 1. The second-order valence-electron chi connectivity index (χ2n) is 3.69. The molecular formula is C12H9ClFNO3. The topological polar surface area (TPSA) is 63.3 Å². The average Bonchev–Trinajstić information content (AvgIpc) is 2.59. The van der Waals surface area contributed by atoms with Crippen molar-refractivity contribution in [3.05, 3.63) is 40.5 Å². The molecule has 0 bridgehead atoms. The maximum atomic E-state index is 13.6. The van der Waals surface area contributed by atoms with Gasteiger partial charge in [0.25, 0.3) is 0 Å². The molecular weight excluding hydrogens is 261 g/mol. The van der Waals surface area contributed by atoms with Gasteiger partial charge < -0.3 is 9.52 Å². The highest BCUT2D eigenvalue weighted by Gasteiger charge is 2.18. The first-order chi connectivity index (χ1) is 8.49. The lowest BCUT2D eigenvalue weighted by molar-refractivity contribution is -0.136. The lowest BCUT2D eigenvalue weighted by Gasteiger charge is -2.00. The second-order valence-corrected chi connectivity index (χ2v) is 4.10. The largest absolute Gasteiger partial charge is 0.481 e. The lowest BCUT2D eigenvalue weighted by atomic mass is 10.2. The molecule has 0 aliphatic rings. The van der Waals surface area contributed by atoms with Crippen LogP contribution in [0.3, 0.4) is 0 Å². The van der Waals surface area contributed by atoms with Gasteiger partial charge in [0.15, 0.2) is 0 Å². The lowest BCUT2D eigenvalue weighted by Crippen LogP contribution is -2.01. The summed E-state index contributed by atoms with van der Waals surface area (Å²) < 4.78 is 18.9. The van der Waals surface area contributed by atoms with Gasteiger partial charge in [0.2, 0.25) is 5.89 Å². The van der Waals surface area contributed by atoms with E-state index in [-0.39, 0.29) is 28.6 Å². The molecule has 0 atom stereocenters. The Morgan fingerprint density at radius 3 is 2.89 bits per heavy atom. The van der Waals surface area contributed by atoms with E-state index in [2.05, 4.69) is 4.98 Å². The van der Waals surface area contributed by atoms with E-state index in [1.807, 2.05) is 0 Å². The molecule has 6 heteroatoms. The number of carbonyl (C=O) groups is 1. The average molecular weight is 270 g/mol. The van der Waals surface area contributed by atoms with Crippen molar-refractivity contribution in [3.8, 4) is 11.5 Å². The van der Waals surface area contributed by atoms with Crippen LogP contribution >= 0.6 is 11.6 Å². The van der Waals surface area contributed by atoms with Crippen molar-refractivity contribution in [2.24, 2.45) is 0 Å². The van der Waals surface area contributed by atoms with Crippen molar-refractivity contribution >= 4 is 17.6 Å². The first-order valence-electron chi connectivity index (χ1n) is 5.11. The number of oxazole rings is 1. The van der Waals surface area contributed by atoms with E-state index < -0.39 is 11.8 Å². The molecule has 0 spiro atoms. The van der Waals surface area contributed by atoms with Gasteiger partial charge in [0.05, 0.1) is 22.7 Å². The number of aryl methyl sites for hydroxylation is 1. The fourth-order valence-electron chi connectivity index (χ4n) is 1.54. The summed E-state index contributed by atoms with van der Waals surface area (Å²) in [6, 6.07) is 4.21. The fraction of sp³-hybridized carbons (Fsp3) is 0.167. The second kappa shape index (κ2) is 4.78. The van der Waals surface area contributed by atoms with E-state index in [0.717, 1.165) is 0 Å². The van der Waals surface area contributed by atoms with E-state index in [0.29, 0.717) is 5.76 Å². The predicted octanol–water partition coefficient (Wildman–Crippen LogP) is 3.07. The molecule has 2 rings (SSSR count). The van der Waals surface area contributed by atoms with Crippen LogP contribution in [0.5, 0.6) is 0 Å². The Bertz CT molecular complexity index is 589. The van der Waals surface area contributed by atoms with Crippen LogP contribution in [0.1, 0.15) is 11.5 Å². The summed E-state index contributed by atoms with van der Waals surface area (Å²) in [4.78, 5) is 14.6. The zero-order chi connectivity index (χ0) is 13.3. The summed E-state index contributed by atoms with van der Waals surface area (Å²) in [7, 11) is 0. The summed E-state index contributed by atoms with van der Waals surface area (Å²) >= 11 is 5.88. The molecule has 0 saturated heterocycles. The smallest absolute Gasteiger partial charge is 0.309 e. The van der Waals surface area contributed by atoms with Gasteiger partial charge in [-0.25, -0.2) is 9.37 Å². The van der Waals surface area contributed by atoms with Gasteiger partial charge in [-0.15, -0.1) is 0 Å². The van der Waals surface area contributed by atoms with Crippen LogP contribution < -0.4 is 0 Å². The van der Waals surface area contributed by atoms with Gasteiger partial charge in [0.1, 0.15) is 11.6 Å². The van der Waals surface area contributed by atoms with Crippen molar-refractivity contribution in [3.63, 3.8) is 0 Å². The number of nitrogens with zero attached hydrogens (tertiary/aromatic N) is 1. The molecule has 0 aliphatic heterocycles. The van der Waals surface area contributed by atoms with Crippen LogP contribution in [0.25, 0.3) is 11.5 Å². The minimum atomic E-state index is -1.03. The maximum absolute atomic E-state index is 13.6. The fourth-order valence-corrected chi connectivity index (χ4v) is 1.79. The number of aromatic nitrogens is 1. The van der Waals surface area contributed by atoms with Gasteiger partial charge in [0, 0.05) is 0 Å². The van der Waals surface area contributed by atoms with Gasteiger partial charge in [-0.3, -0.25) is 4.79 Å². The SMILES string of the molecule is Cc1oc(-c2c(F)cccc2Cl)nc1CC(=O)O. The summed E-state index contributed by atoms with van der Waals surface area (Å²) in [6.45, 7) is 1.57. The quantitative estimate of drug-likeness (QED) is 0.930. The van der Waals surface area contributed by atoms with Crippen molar-refractivity contribution in [2.45, 2.75) is 13.3 Å². The zero-order valence-corrected chi connectivity index (χ0v) is 10.2. The molecule has 94 valence electrons. The molecule has 18 heavy (non-hydrogen) atoms. The zero-order valence-electron chi connectivity index (χ0n) is 9.41. The molecule has 0 amide bonds. The summed E-state index contributed by atoms with van der Waals surface area (Å²) in [5.41, 5.74) is 0.302. The normalized spacial score (nSPS) is 10.6. The van der Waals surface area contributed by atoms with Crippen LogP contribution in [0.2, 0.25) is 5.02 Å². The molecule has 0 unspecified atom stereocenters. The molecule has 1 aromatic heterocycles. The Morgan fingerprint density at radius 1 is 1.56 bits per heavy atom. The first kappa shape index (κ1) is 12.6. The maximum Gasteiger partial charge on any atom is 0.309 e. The summed E-state index contributed by atoms with van der Waals surface area (Å²) in [5, 5.41) is 8.86. The minimum Gasteiger partial charge on any atom is -0.481 e. The highest BCUT2D eigenvalue weighted by Crippen LogP contribution is 2.31.